The molecule has 4 heteroatoms. The van der Waals surface area contributed by atoms with E-state index in [4.69, 9.17) is 0 Å². The lowest BCUT2D eigenvalue weighted by Gasteiger charge is -2.34. The van der Waals surface area contributed by atoms with Crippen molar-refractivity contribution in [2.24, 2.45) is 0 Å². The largest absolute Gasteiger partial charge is 0.387 e. The summed E-state index contributed by atoms with van der Waals surface area (Å²) in [7, 11) is 0. The van der Waals surface area contributed by atoms with Crippen molar-refractivity contribution in [3.63, 3.8) is 0 Å². The molecule has 0 spiro atoms. The lowest BCUT2D eigenvalue weighted by Crippen LogP contribution is -2.40. The molecule has 1 aliphatic rings. The molecule has 0 radical (unpaired) electrons. The van der Waals surface area contributed by atoms with Crippen LogP contribution in [0.15, 0.2) is 66.2 Å². The van der Waals surface area contributed by atoms with Gasteiger partial charge in [0.05, 0.1) is 6.10 Å². The van der Waals surface area contributed by atoms with Gasteiger partial charge in [0, 0.05) is 19.1 Å². The number of hydrogen-bond donors (Lipinski definition) is 1. The summed E-state index contributed by atoms with van der Waals surface area (Å²) < 4.78 is 13.4. The highest BCUT2D eigenvalue weighted by Gasteiger charge is 2.24. The minimum atomic E-state index is -0.676. The third-order valence-corrected chi connectivity index (χ3v) is 4.83. The van der Waals surface area contributed by atoms with Crippen LogP contribution in [0.3, 0.4) is 0 Å². The molecule has 1 N–H and O–H groups in total. The summed E-state index contributed by atoms with van der Waals surface area (Å²) in [6.07, 6.45) is 3.60. The zero-order valence-electron chi connectivity index (χ0n) is 14.4. The molecular weight excluding hydrogens is 337 g/mol. The van der Waals surface area contributed by atoms with Crippen LogP contribution >= 0.6 is 12.4 Å². The number of benzene rings is 2. The molecule has 0 saturated carbocycles. The first-order valence-corrected chi connectivity index (χ1v) is 8.53. The topological polar surface area (TPSA) is 23.5 Å². The molecule has 0 fully saturated rings. The monoisotopic (exact) mass is 361 g/mol. The smallest absolute Gasteiger partial charge is 0.123 e. The van der Waals surface area contributed by atoms with E-state index in [1.165, 1.54) is 23.3 Å². The standard InChI is InChI=1S/C21H24FNO.ClH/c1-16(21(24)19-8-5-9-20(22)15-19)23-12-10-18(11-13-23)14-17-6-3-2-4-7-17;/h2-10,15-16,21,24H,11-14H2,1H3;1H/t16-,21-;/m0./s1. The van der Waals surface area contributed by atoms with Crippen molar-refractivity contribution in [1.29, 1.82) is 0 Å². The van der Waals surface area contributed by atoms with E-state index in [-0.39, 0.29) is 24.3 Å². The summed E-state index contributed by atoms with van der Waals surface area (Å²) in [5.74, 6) is -0.303. The van der Waals surface area contributed by atoms with Crippen molar-refractivity contribution in [3.05, 3.63) is 83.2 Å². The van der Waals surface area contributed by atoms with E-state index in [2.05, 4.69) is 35.2 Å². The Hall–Kier alpha value is -1.68. The quantitative estimate of drug-likeness (QED) is 0.790. The van der Waals surface area contributed by atoms with Crippen molar-refractivity contribution >= 4 is 12.4 Å². The Morgan fingerprint density at radius 1 is 1.12 bits per heavy atom. The molecule has 134 valence electrons. The molecular formula is C21H25ClFNO. The van der Waals surface area contributed by atoms with Gasteiger partial charge < -0.3 is 5.11 Å². The maximum Gasteiger partial charge on any atom is 0.123 e. The molecule has 0 bridgehead atoms. The lowest BCUT2D eigenvalue weighted by molar-refractivity contribution is 0.0621. The molecule has 3 rings (SSSR count). The van der Waals surface area contributed by atoms with Crippen molar-refractivity contribution < 1.29 is 9.50 Å². The maximum absolute atomic E-state index is 13.4. The van der Waals surface area contributed by atoms with Gasteiger partial charge >= 0.3 is 0 Å². The molecule has 2 nitrogen and oxygen atoms in total. The Bertz CT molecular complexity index is 704. The van der Waals surface area contributed by atoms with Crippen molar-refractivity contribution in [3.8, 4) is 0 Å². The van der Waals surface area contributed by atoms with Crippen LogP contribution in [0.5, 0.6) is 0 Å². The van der Waals surface area contributed by atoms with Gasteiger partial charge in [0.2, 0.25) is 0 Å². The van der Waals surface area contributed by atoms with Crippen LogP contribution in [0.4, 0.5) is 4.39 Å². The van der Waals surface area contributed by atoms with Gasteiger partial charge in [0.25, 0.3) is 0 Å². The summed E-state index contributed by atoms with van der Waals surface area (Å²) in [5.41, 5.74) is 3.43. The van der Waals surface area contributed by atoms with E-state index >= 15 is 0 Å². The number of aliphatic hydroxyl groups excluding tert-OH is 1. The average Bonchev–Trinajstić information content (AvgIpc) is 2.62. The third kappa shape index (κ3) is 5.15. The molecule has 0 saturated heterocycles. The molecule has 0 amide bonds. The summed E-state index contributed by atoms with van der Waals surface area (Å²) in [4.78, 5) is 2.25. The van der Waals surface area contributed by atoms with Crippen molar-refractivity contribution in [2.75, 3.05) is 13.1 Å². The maximum atomic E-state index is 13.4. The normalized spacial score (nSPS) is 17.3. The van der Waals surface area contributed by atoms with Crippen LogP contribution < -0.4 is 0 Å². The molecule has 0 aliphatic carbocycles. The molecule has 1 aliphatic heterocycles. The fourth-order valence-corrected chi connectivity index (χ4v) is 3.28. The van der Waals surface area contributed by atoms with E-state index in [0.717, 1.165) is 25.9 Å². The van der Waals surface area contributed by atoms with Crippen LogP contribution in [-0.2, 0) is 6.42 Å². The van der Waals surface area contributed by atoms with Gasteiger partial charge in [-0.05, 0) is 43.0 Å². The Labute approximate surface area is 155 Å². The third-order valence-electron chi connectivity index (χ3n) is 4.83. The van der Waals surface area contributed by atoms with Crippen molar-refractivity contribution in [1.82, 2.24) is 4.90 Å². The van der Waals surface area contributed by atoms with Gasteiger partial charge in [-0.15, -0.1) is 12.4 Å². The summed E-state index contributed by atoms with van der Waals surface area (Å²) in [6, 6.07) is 16.7. The number of nitrogens with zero attached hydrogens (tertiary/aromatic N) is 1. The zero-order valence-corrected chi connectivity index (χ0v) is 15.3. The van der Waals surface area contributed by atoms with Gasteiger partial charge in [-0.3, -0.25) is 4.90 Å². The van der Waals surface area contributed by atoms with Crippen LogP contribution in [0.1, 0.15) is 30.6 Å². The number of aliphatic hydroxyl groups is 1. The lowest BCUT2D eigenvalue weighted by atomic mass is 9.96. The molecule has 2 atom stereocenters. The second-order valence-electron chi connectivity index (χ2n) is 6.51. The van der Waals surface area contributed by atoms with Crippen LogP contribution in [0.2, 0.25) is 0 Å². The molecule has 0 aromatic heterocycles. The van der Waals surface area contributed by atoms with Gasteiger partial charge in [0.15, 0.2) is 0 Å². The first-order chi connectivity index (χ1) is 11.6. The first kappa shape index (κ1) is 19.6. The second-order valence-corrected chi connectivity index (χ2v) is 6.51. The molecule has 0 unspecified atom stereocenters. The second kappa shape index (κ2) is 9.14. The Kier molecular flexibility index (Phi) is 7.18. The Morgan fingerprint density at radius 2 is 1.88 bits per heavy atom. The number of hydrogen-bond acceptors (Lipinski definition) is 2. The Morgan fingerprint density at radius 3 is 2.52 bits per heavy atom. The van der Waals surface area contributed by atoms with Crippen molar-refractivity contribution in [2.45, 2.75) is 31.9 Å². The van der Waals surface area contributed by atoms with Gasteiger partial charge in [-0.1, -0.05) is 54.1 Å². The molecule has 2 aromatic rings. The highest BCUT2D eigenvalue weighted by Crippen LogP contribution is 2.25. The fraction of sp³-hybridized carbons (Fsp3) is 0.333. The van der Waals surface area contributed by atoms with E-state index in [1.807, 2.05) is 13.0 Å². The SMILES string of the molecule is C[C@@H]([C@H](O)c1cccc(F)c1)N1CC=C(Cc2ccccc2)CC1.Cl. The van der Waals surface area contributed by atoms with E-state index in [0.29, 0.717) is 5.56 Å². The summed E-state index contributed by atoms with van der Waals surface area (Å²) in [5, 5.41) is 10.5. The number of rotatable bonds is 5. The van der Waals surface area contributed by atoms with Gasteiger partial charge in [0.1, 0.15) is 5.82 Å². The van der Waals surface area contributed by atoms with E-state index in [1.54, 1.807) is 12.1 Å². The predicted molar refractivity (Wildman–Crippen MR) is 102 cm³/mol. The van der Waals surface area contributed by atoms with Gasteiger partial charge in [-0.25, -0.2) is 4.39 Å². The minimum Gasteiger partial charge on any atom is -0.387 e. The van der Waals surface area contributed by atoms with Crippen LogP contribution in [-0.4, -0.2) is 29.1 Å². The number of halogens is 2. The summed E-state index contributed by atoms with van der Waals surface area (Å²) in [6.45, 7) is 3.76. The highest BCUT2D eigenvalue weighted by atomic mass is 35.5. The van der Waals surface area contributed by atoms with Gasteiger partial charge in [-0.2, -0.15) is 0 Å². The summed E-state index contributed by atoms with van der Waals surface area (Å²) >= 11 is 0. The zero-order chi connectivity index (χ0) is 16.9. The fourth-order valence-electron chi connectivity index (χ4n) is 3.28. The Balaban J connectivity index is 0.00000225. The molecule has 1 heterocycles. The predicted octanol–water partition coefficient (Wildman–Crippen LogP) is 4.54. The molecule has 25 heavy (non-hydrogen) atoms. The van der Waals surface area contributed by atoms with E-state index in [9.17, 15) is 9.50 Å². The molecule has 2 aromatic carbocycles. The average molecular weight is 362 g/mol. The first-order valence-electron chi connectivity index (χ1n) is 8.53. The van der Waals surface area contributed by atoms with E-state index < -0.39 is 6.10 Å². The highest BCUT2D eigenvalue weighted by molar-refractivity contribution is 5.85. The minimum absolute atomic E-state index is 0. The van der Waals surface area contributed by atoms with Crippen LogP contribution in [0, 0.1) is 5.82 Å². The van der Waals surface area contributed by atoms with Crippen LogP contribution in [0.25, 0.3) is 0 Å².